The van der Waals surface area contributed by atoms with Crippen LogP contribution in [-0.2, 0) is 9.59 Å². The van der Waals surface area contributed by atoms with Crippen LogP contribution >= 0.6 is 0 Å². The number of benzene rings is 1. The molecule has 1 aromatic rings. The molecule has 0 aromatic heterocycles. The number of likely N-dealkylation sites (tertiary alicyclic amines) is 2. The summed E-state index contributed by atoms with van der Waals surface area (Å²) in [4.78, 5) is 28.2. The second-order valence-electron chi connectivity index (χ2n) is 6.97. The monoisotopic (exact) mass is 345 g/mol. The molecule has 0 bridgehead atoms. The largest absolute Gasteiger partial charge is 0.497 e. The zero-order valence-electron chi connectivity index (χ0n) is 14.8. The van der Waals surface area contributed by atoms with E-state index in [4.69, 9.17) is 10.5 Å². The summed E-state index contributed by atoms with van der Waals surface area (Å²) >= 11 is 0. The molecular formula is C19H27N3O3. The molecular weight excluding hydrogens is 318 g/mol. The average Bonchev–Trinajstić information content (AvgIpc) is 3.12. The molecule has 1 aromatic carbocycles. The summed E-state index contributed by atoms with van der Waals surface area (Å²) in [6, 6.07) is 8.12. The third-order valence-corrected chi connectivity index (χ3v) is 5.40. The molecule has 0 aliphatic carbocycles. The number of hydrogen-bond acceptors (Lipinski definition) is 4. The first-order valence-corrected chi connectivity index (χ1v) is 9.03. The van der Waals surface area contributed by atoms with Gasteiger partial charge in [-0.3, -0.25) is 14.5 Å². The van der Waals surface area contributed by atoms with Gasteiger partial charge in [0.2, 0.25) is 11.8 Å². The summed E-state index contributed by atoms with van der Waals surface area (Å²) in [7, 11) is 1.66. The molecule has 2 fully saturated rings. The van der Waals surface area contributed by atoms with Crippen molar-refractivity contribution in [1.29, 1.82) is 0 Å². The molecule has 0 spiro atoms. The summed E-state index contributed by atoms with van der Waals surface area (Å²) in [5, 5.41) is 0. The Morgan fingerprint density at radius 3 is 2.64 bits per heavy atom. The quantitative estimate of drug-likeness (QED) is 0.879. The minimum absolute atomic E-state index is 0.0392. The van der Waals surface area contributed by atoms with Crippen molar-refractivity contribution in [2.75, 3.05) is 33.3 Å². The molecule has 1 unspecified atom stereocenters. The van der Waals surface area contributed by atoms with Gasteiger partial charge in [0.05, 0.1) is 19.7 Å². The highest BCUT2D eigenvalue weighted by Gasteiger charge is 2.32. The van der Waals surface area contributed by atoms with Gasteiger partial charge in [0.25, 0.3) is 0 Å². The van der Waals surface area contributed by atoms with Crippen molar-refractivity contribution in [3.05, 3.63) is 29.8 Å². The number of amides is 2. The summed E-state index contributed by atoms with van der Waals surface area (Å²) < 4.78 is 5.31. The molecule has 0 saturated carbocycles. The number of primary amides is 1. The maximum absolute atomic E-state index is 12.8. The second kappa shape index (κ2) is 7.87. The van der Waals surface area contributed by atoms with Crippen LogP contribution in [0.1, 0.15) is 37.3 Å². The van der Waals surface area contributed by atoms with E-state index >= 15 is 0 Å². The number of nitrogens with zero attached hydrogens (tertiary/aromatic N) is 2. The zero-order chi connectivity index (χ0) is 17.8. The summed E-state index contributed by atoms with van der Waals surface area (Å²) in [5.74, 6) is 0.736. The predicted molar refractivity (Wildman–Crippen MR) is 95.0 cm³/mol. The SMILES string of the molecule is COc1cccc(C2CCCN2C(=O)CN2CCC(C(N)=O)CC2)c1. The van der Waals surface area contributed by atoms with Gasteiger partial charge in [0.15, 0.2) is 0 Å². The van der Waals surface area contributed by atoms with Gasteiger partial charge in [0.1, 0.15) is 5.75 Å². The van der Waals surface area contributed by atoms with Crippen LogP contribution in [0.5, 0.6) is 5.75 Å². The third kappa shape index (κ3) is 4.12. The van der Waals surface area contributed by atoms with Crippen molar-refractivity contribution in [3.8, 4) is 5.75 Å². The first-order valence-electron chi connectivity index (χ1n) is 9.03. The Labute approximate surface area is 148 Å². The molecule has 2 N–H and O–H groups in total. The van der Waals surface area contributed by atoms with E-state index in [1.807, 2.05) is 23.1 Å². The number of carbonyl (C=O) groups is 2. The van der Waals surface area contributed by atoms with Crippen molar-refractivity contribution in [3.63, 3.8) is 0 Å². The molecule has 2 saturated heterocycles. The zero-order valence-corrected chi connectivity index (χ0v) is 14.8. The Balaban J connectivity index is 1.60. The first-order chi connectivity index (χ1) is 12.1. The number of hydrogen-bond donors (Lipinski definition) is 1. The number of rotatable bonds is 5. The van der Waals surface area contributed by atoms with Gasteiger partial charge >= 0.3 is 0 Å². The number of piperidine rings is 1. The van der Waals surface area contributed by atoms with Crippen molar-refractivity contribution in [2.24, 2.45) is 11.7 Å². The van der Waals surface area contributed by atoms with Crippen molar-refractivity contribution >= 4 is 11.8 Å². The minimum Gasteiger partial charge on any atom is -0.497 e. The lowest BCUT2D eigenvalue weighted by atomic mass is 9.96. The van der Waals surface area contributed by atoms with Crippen LogP contribution in [0.15, 0.2) is 24.3 Å². The molecule has 2 amide bonds. The average molecular weight is 345 g/mol. The maximum Gasteiger partial charge on any atom is 0.237 e. The van der Waals surface area contributed by atoms with Crippen molar-refractivity contribution < 1.29 is 14.3 Å². The third-order valence-electron chi connectivity index (χ3n) is 5.40. The number of carbonyl (C=O) groups excluding carboxylic acids is 2. The Kier molecular flexibility index (Phi) is 5.58. The maximum atomic E-state index is 12.8. The highest BCUT2D eigenvalue weighted by atomic mass is 16.5. The van der Waals surface area contributed by atoms with Gasteiger partial charge in [-0.2, -0.15) is 0 Å². The fraction of sp³-hybridized carbons (Fsp3) is 0.579. The molecule has 136 valence electrons. The fourth-order valence-electron chi connectivity index (χ4n) is 3.92. The van der Waals surface area contributed by atoms with E-state index in [0.717, 1.165) is 56.6 Å². The van der Waals surface area contributed by atoms with Crippen LogP contribution in [-0.4, -0.2) is 54.9 Å². The Hall–Kier alpha value is -2.08. The van der Waals surface area contributed by atoms with E-state index in [1.54, 1.807) is 7.11 Å². The van der Waals surface area contributed by atoms with Gasteiger partial charge in [-0.05, 0) is 56.5 Å². The first kappa shape index (κ1) is 17.7. The minimum atomic E-state index is -0.219. The molecule has 2 heterocycles. The second-order valence-corrected chi connectivity index (χ2v) is 6.97. The van der Waals surface area contributed by atoms with E-state index in [-0.39, 0.29) is 23.8 Å². The van der Waals surface area contributed by atoms with E-state index < -0.39 is 0 Å². The molecule has 2 aliphatic heterocycles. The highest BCUT2D eigenvalue weighted by Crippen LogP contribution is 2.33. The molecule has 6 heteroatoms. The Morgan fingerprint density at radius 1 is 1.20 bits per heavy atom. The van der Waals surface area contributed by atoms with Crippen LogP contribution in [0.25, 0.3) is 0 Å². The van der Waals surface area contributed by atoms with Gasteiger partial charge < -0.3 is 15.4 Å². The Bertz CT molecular complexity index is 626. The topological polar surface area (TPSA) is 75.9 Å². The van der Waals surface area contributed by atoms with Gasteiger partial charge in [-0.25, -0.2) is 0 Å². The molecule has 3 rings (SSSR count). The molecule has 25 heavy (non-hydrogen) atoms. The van der Waals surface area contributed by atoms with Gasteiger partial charge in [-0.15, -0.1) is 0 Å². The summed E-state index contributed by atoms with van der Waals surface area (Å²) in [6.45, 7) is 2.75. The number of methoxy groups -OCH3 is 1. The van der Waals surface area contributed by atoms with Crippen LogP contribution in [0.4, 0.5) is 0 Å². The number of ether oxygens (including phenoxy) is 1. The summed E-state index contributed by atoms with van der Waals surface area (Å²) in [5.41, 5.74) is 6.51. The predicted octanol–water partition coefficient (Wildman–Crippen LogP) is 1.56. The Morgan fingerprint density at radius 2 is 1.96 bits per heavy atom. The lowest BCUT2D eigenvalue weighted by molar-refractivity contribution is -0.133. The lowest BCUT2D eigenvalue weighted by Crippen LogP contribution is -2.44. The van der Waals surface area contributed by atoms with Gasteiger partial charge in [0, 0.05) is 12.5 Å². The van der Waals surface area contributed by atoms with Crippen LogP contribution in [0.2, 0.25) is 0 Å². The number of nitrogens with two attached hydrogens (primary N) is 1. The van der Waals surface area contributed by atoms with Crippen LogP contribution < -0.4 is 10.5 Å². The van der Waals surface area contributed by atoms with Crippen molar-refractivity contribution in [1.82, 2.24) is 9.80 Å². The van der Waals surface area contributed by atoms with Gasteiger partial charge in [-0.1, -0.05) is 12.1 Å². The molecule has 0 radical (unpaired) electrons. The van der Waals surface area contributed by atoms with Crippen LogP contribution in [0, 0.1) is 5.92 Å². The van der Waals surface area contributed by atoms with Crippen molar-refractivity contribution in [2.45, 2.75) is 31.7 Å². The smallest absolute Gasteiger partial charge is 0.237 e. The summed E-state index contributed by atoms with van der Waals surface area (Å²) in [6.07, 6.45) is 3.52. The fourth-order valence-corrected chi connectivity index (χ4v) is 3.92. The molecule has 6 nitrogen and oxygen atoms in total. The normalized spacial score (nSPS) is 22.1. The van der Waals surface area contributed by atoms with E-state index in [0.29, 0.717) is 6.54 Å². The standard InChI is InChI=1S/C19H27N3O3/c1-25-16-5-2-4-15(12-16)17-6-3-9-22(17)18(23)13-21-10-7-14(8-11-21)19(20)24/h2,4-5,12,14,17H,3,6-11,13H2,1H3,(H2,20,24). The molecule has 2 aliphatic rings. The lowest BCUT2D eigenvalue weighted by Gasteiger charge is -2.32. The van der Waals surface area contributed by atoms with E-state index in [2.05, 4.69) is 11.0 Å². The van der Waals surface area contributed by atoms with E-state index in [1.165, 1.54) is 0 Å². The van der Waals surface area contributed by atoms with Crippen LogP contribution in [0.3, 0.4) is 0 Å². The van der Waals surface area contributed by atoms with E-state index in [9.17, 15) is 9.59 Å². The molecule has 1 atom stereocenters. The highest BCUT2D eigenvalue weighted by molar-refractivity contribution is 5.79.